The average Bonchev–Trinajstić information content (AvgIpc) is 2.75. The number of hydrogen-bond acceptors (Lipinski definition) is 5. The molecule has 18 heavy (non-hydrogen) atoms. The first-order valence-corrected chi connectivity index (χ1v) is 6.10. The molecule has 0 aliphatic carbocycles. The fraction of sp³-hybridized carbons (Fsp3) is 0.800. The van der Waals surface area contributed by atoms with Crippen molar-refractivity contribution >= 4 is 12.0 Å². The lowest BCUT2D eigenvalue weighted by molar-refractivity contribution is 0.125. The van der Waals surface area contributed by atoms with E-state index in [2.05, 4.69) is 39.5 Å². The molecule has 1 saturated heterocycles. The third kappa shape index (κ3) is 2.95. The molecule has 100 valence electrons. The highest BCUT2D eigenvalue weighted by Gasteiger charge is 2.23. The van der Waals surface area contributed by atoms with Gasteiger partial charge < -0.3 is 4.90 Å². The number of tetrazole rings is 1. The van der Waals surface area contributed by atoms with Gasteiger partial charge in [-0.1, -0.05) is 5.10 Å². The number of nitrogens with one attached hydrogen (secondary N) is 1. The Morgan fingerprint density at radius 2 is 1.94 bits per heavy atom. The van der Waals surface area contributed by atoms with Gasteiger partial charge >= 0.3 is 6.03 Å². The van der Waals surface area contributed by atoms with Crippen LogP contribution in [-0.2, 0) is 7.05 Å². The lowest BCUT2D eigenvalue weighted by Gasteiger charge is -2.36. The van der Waals surface area contributed by atoms with Crippen LogP contribution in [0.4, 0.5) is 10.7 Å². The first kappa shape index (κ1) is 12.7. The summed E-state index contributed by atoms with van der Waals surface area (Å²) in [5.41, 5.74) is 0. The van der Waals surface area contributed by atoms with Crippen LogP contribution in [0.1, 0.15) is 13.8 Å². The van der Waals surface area contributed by atoms with Crippen molar-refractivity contribution in [3.8, 4) is 0 Å². The number of carbonyl (C=O) groups is 1. The zero-order valence-electron chi connectivity index (χ0n) is 11.0. The molecule has 0 atom stereocenters. The van der Waals surface area contributed by atoms with Gasteiger partial charge in [0.1, 0.15) is 0 Å². The Bertz CT molecular complexity index is 408. The Morgan fingerprint density at radius 1 is 1.28 bits per heavy atom. The van der Waals surface area contributed by atoms with Gasteiger partial charge in [-0.05, 0) is 19.1 Å². The normalized spacial score (nSPS) is 17.2. The minimum absolute atomic E-state index is 0.161. The second-order valence-electron chi connectivity index (χ2n) is 4.65. The number of aromatic nitrogens is 4. The number of piperazine rings is 1. The quantitative estimate of drug-likeness (QED) is 0.787. The third-order valence-electron chi connectivity index (χ3n) is 3.06. The summed E-state index contributed by atoms with van der Waals surface area (Å²) < 4.78 is 0. The number of rotatable bonds is 2. The van der Waals surface area contributed by atoms with E-state index in [9.17, 15) is 4.79 Å². The zero-order chi connectivity index (χ0) is 13.1. The molecule has 8 heteroatoms. The molecule has 2 rings (SSSR count). The fourth-order valence-electron chi connectivity index (χ4n) is 1.95. The molecule has 0 bridgehead atoms. The van der Waals surface area contributed by atoms with Gasteiger partial charge in [0.25, 0.3) is 5.95 Å². The number of urea groups is 1. The Balaban J connectivity index is 1.84. The van der Waals surface area contributed by atoms with E-state index >= 15 is 0 Å². The highest BCUT2D eigenvalue weighted by molar-refractivity contribution is 5.87. The largest absolute Gasteiger partial charge is 0.324 e. The topological polar surface area (TPSA) is 79.2 Å². The molecule has 0 unspecified atom stereocenters. The van der Waals surface area contributed by atoms with E-state index in [1.165, 1.54) is 4.80 Å². The van der Waals surface area contributed by atoms with Crippen molar-refractivity contribution in [2.45, 2.75) is 19.9 Å². The number of anilines is 1. The van der Waals surface area contributed by atoms with Gasteiger partial charge in [-0.2, -0.15) is 4.80 Å². The van der Waals surface area contributed by atoms with Crippen LogP contribution in [0.15, 0.2) is 0 Å². The second kappa shape index (κ2) is 5.30. The molecule has 2 heterocycles. The standard InChI is InChI=1S/C10H19N7O/c1-8(2)16-4-6-17(7-5-16)10(18)11-9-12-14-15(3)13-9/h8H,4-7H2,1-3H3,(H,11,13,18). The van der Waals surface area contributed by atoms with E-state index in [4.69, 9.17) is 0 Å². The minimum Gasteiger partial charge on any atom is -0.322 e. The van der Waals surface area contributed by atoms with Gasteiger partial charge in [-0.15, -0.1) is 5.10 Å². The van der Waals surface area contributed by atoms with Crippen molar-refractivity contribution in [3.05, 3.63) is 0 Å². The van der Waals surface area contributed by atoms with Gasteiger partial charge in [-0.25, -0.2) is 4.79 Å². The molecular formula is C10H19N7O. The first-order chi connectivity index (χ1) is 8.56. The summed E-state index contributed by atoms with van der Waals surface area (Å²) in [6.45, 7) is 7.59. The first-order valence-electron chi connectivity index (χ1n) is 6.10. The Morgan fingerprint density at radius 3 is 2.44 bits per heavy atom. The van der Waals surface area contributed by atoms with Crippen LogP contribution < -0.4 is 5.32 Å². The average molecular weight is 253 g/mol. The maximum Gasteiger partial charge on any atom is 0.324 e. The van der Waals surface area contributed by atoms with E-state index in [0.717, 1.165) is 26.2 Å². The Kier molecular flexibility index (Phi) is 3.75. The van der Waals surface area contributed by atoms with Gasteiger partial charge in [-0.3, -0.25) is 10.2 Å². The molecule has 8 nitrogen and oxygen atoms in total. The number of nitrogens with zero attached hydrogens (tertiary/aromatic N) is 6. The van der Waals surface area contributed by atoms with Crippen molar-refractivity contribution in [1.82, 2.24) is 30.0 Å². The fourth-order valence-corrected chi connectivity index (χ4v) is 1.95. The molecule has 1 N–H and O–H groups in total. The Labute approximate surface area is 106 Å². The van der Waals surface area contributed by atoms with Crippen molar-refractivity contribution in [3.63, 3.8) is 0 Å². The van der Waals surface area contributed by atoms with Crippen molar-refractivity contribution in [2.75, 3.05) is 31.5 Å². The summed E-state index contributed by atoms with van der Waals surface area (Å²) in [4.78, 5) is 17.4. The maximum atomic E-state index is 11.9. The summed E-state index contributed by atoms with van der Waals surface area (Å²) >= 11 is 0. The molecule has 0 aromatic carbocycles. The van der Waals surface area contributed by atoms with Crippen LogP contribution >= 0.6 is 0 Å². The van der Waals surface area contributed by atoms with Gasteiger partial charge in [0.15, 0.2) is 0 Å². The summed E-state index contributed by atoms with van der Waals surface area (Å²) in [6, 6.07) is 0.364. The Hall–Kier alpha value is -1.70. The number of aryl methyl sites for hydroxylation is 1. The molecule has 1 aromatic heterocycles. The predicted octanol–water partition coefficient (Wildman–Crippen LogP) is -0.232. The molecule has 0 spiro atoms. The van der Waals surface area contributed by atoms with Crippen LogP contribution in [0, 0.1) is 0 Å². The highest BCUT2D eigenvalue weighted by Crippen LogP contribution is 2.07. The van der Waals surface area contributed by atoms with Crippen molar-refractivity contribution < 1.29 is 4.79 Å². The summed E-state index contributed by atoms with van der Waals surface area (Å²) in [7, 11) is 1.66. The van der Waals surface area contributed by atoms with Crippen molar-refractivity contribution in [2.24, 2.45) is 7.05 Å². The van der Waals surface area contributed by atoms with E-state index in [-0.39, 0.29) is 12.0 Å². The molecule has 0 radical (unpaired) electrons. The van der Waals surface area contributed by atoms with Crippen LogP contribution in [0.3, 0.4) is 0 Å². The van der Waals surface area contributed by atoms with Gasteiger partial charge in [0, 0.05) is 32.2 Å². The summed E-state index contributed by atoms with van der Waals surface area (Å²) in [5, 5.41) is 13.9. The number of amides is 2. The highest BCUT2D eigenvalue weighted by atomic mass is 16.2. The zero-order valence-corrected chi connectivity index (χ0v) is 11.0. The molecule has 1 aliphatic rings. The minimum atomic E-state index is -0.161. The summed E-state index contributed by atoms with van der Waals surface area (Å²) in [6.07, 6.45) is 0. The lowest BCUT2D eigenvalue weighted by Crippen LogP contribution is -2.51. The summed E-state index contributed by atoms with van der Waals surface area (Å²) in [5.74, 6) is 0.244. The molecule has 1 aliphatic heterocycles. The number of carbonyl (C=O) groups excluding carboxylic acids is 1. The van der Waals surface area contributed by atoms with E-state index in [1.807, 2.05) is 0 Å². The van der Waals surface area contributed by atoms with E-state index in [0.29, 0.717) is 6.04 Å². The van der Waals surface area contributed by atoms with E-state index in [1.54, 1.807) is 11.9 Å². The predicted molar refractivity (Wildman–Crippen MR) is 66.1 cm³/mol. The van der Waals surface area contributed by atoms with Crippen molar-refractivity contribution in [1.29, 1.82) is 0 Å². The number of hydrogen-bond donors (Lipinski definition) is 1. The molecule has 0 saturated carbocycles. The molecule has 2 amide bonds. The van der Waals surface area contributed by atoms with Crippen LogP contribution in [0.5, 0.6) is 0 Å². The SMILES string of the molecule is CC(C)N1CCN(C(=O)Nc2nnn(C)n2)CC1. The molecular weight excluding hydrogens is 234 g/mol. The van der Waals surface area contributed by atoms with Crippen LogP contribution in [0.25, 0.3) is 0 Å². The monoisotopic (exact) mass is 253 g/mol. The van der Waals surface area contributed by atoms with Crippen LogP contribution in [0.2, 0.25) is 0 Å². The van der Waals surface area contributed by atoms with Crippen LogP contribution in [-0.4, -0.2) is 68.3 Å². The maximum absolute atomic E-state index is 11.9. The third-order valence-corrected chi connectivity index (χ3v) is 3.06. The molecule has 1 fully saturated rings. The lowest BCUT2D eigenvalue weighted by atomic mass is 10.2. The van der Waals surface area contributed by atoms with Gasteiger partial charge in [0.05, 0.1) is 7.05 Å². The van der Waals surface area contributed by atoms with Gasteiger partial charge in [0.2, 0.25) is 0 Å². The smallest absolute Gasteiger partial charge is 0.322 e. The van der Waals surface area contributed by atoms with E-state index < -0.39 is 0 Å². The second-order valence-corrected chi connectivity index (χ2v) is 4.65. The molecule has 1 aromatic rings.